The van der Waals surface area contributed by atoms with Crippen molar-refractivity contribution in [3.05, 3.63) is 71.3 Å². The van der Waals surface area contributed by atoms with E-state index in [1.807, 2.05) is 4.90 Å². The van der Waals surface area contributed by atoms with Gasteiger partial charge in [-0.25, -0.2) is 8.78 Å². The molecule has 7 heteroatoms. The lowest BCUT2D eigenvalue weighted by molar-refractivity contribution is 0.00140. The van der Waals surface area contributed by atoms with Crippen LogP contribution >= 0.6 is 0 Å². The van der Waals surface area contributed by atoms with E-state index in [-0.39, 0.29) is 30.5 Å². The normalized spacial score (nSPS) is 16.2. The van der Waals surface area contributed by atoms with Crippen LogP contribution in [0, 0.1) is 11.6 Å². The van der Waals surface area contributed by atoms with Gasteiger partial charge in [0.2, 0.25) is 0 Å². The predicted octanol–water partition coefficient (Wildman–Crippen LogP) is 2.30. The number of carbonyl (C=O) groups is 1. The van der Waals surface area contributed by atoms with Gasteiger partial charge < -0.3 is 14.7 Å². The highest BCUT2D eigenvalue weighted by atomic mass is 19.1. The highest BCUT2D eigenvalue weighted by molar-refractivity contribution is 5.94. The van der Waals surface area contributed by atoms with Gasteiger partial charge >= 0.3 is 0 Å². The van der Waals surface area contributed by atoms with Crippen molar-refractivity contribution in [2.24, 2.45) is 0 Å². The summed E-state index contributed by atoms with van der Waals surface area (Å²) < 4.78 is 32.7. The number of aliphatic hydroxyl groups is 1. The molecule has 2 aromatic rings. The molecular weight excluding hydrogens is 366 g/mol. The minimum Gasteiger partial charge on any atom is -0.389 e. The van der Waals surface area contributed by atoms with Crippen LogP contribution in [0.1, 0.15) is 15.9 Å². The zero-order valence-corrected chi connectivity index (χ0v) is 15.6. The molecular formula is C21H24F2N2O3. The lowest BCUT2D eigenvalue weighted by atomic mass is 10.1. The van der Waals surface area contributed by atoms with Crippen LogP contribution in [0.5, 0.6) is 0 Å². The van der Waals surface area contributed by atoms with Crippen molar-refractivity contribution < 1.29 is 23.4 Å². The monoisotopic (exact) mass is 390 g/mol. The first-order valence-corrected chi connectivity index (χ1v) is 9.30. The van der Waals surface area contributed by atoms with Gasteiger partial charge in [-0.2, -0.15) is 0 Å². The first kappa shape index (κ1) is 20.4. The van der Waals surface area contributed by atoms with E-state index in [9.17, 15) is 18.7 Å². The molecule has 0 radical (unpaired) electrons. The number of carbonyl (C=O) groups excluding carboxylic acids is 1. The SMILES string of the molecule is O=C(c1ccccc1F)N1CCN(C[C@H](O)COCc2ccccc2F)CC1. The van der Waals surface area contributed by atoms with E-state index in [4.69, 9.17) is 4.74 Å². The van der Waals surface area contributed by atoms with E-state index < -0.39 is 11.9 Å². The first-order valence-electron chi connectivity index (χ1n) is 9.30. The molecule has 0 aliphatic carbocycles. The van der Waals surface area contributed by atoms with E-state index in [2.05, 4.69) is 0 Å². The molecule has 1 saturated heterocycles. The Kier molecular flexibility index (Phi) is 7.08. The Bertz CT molecular complexity index is 795. The summed E-state index contributed by atoms with van der Waals surface area (Å²) in [6.07, 6.45) is -0.708. The third-order valence-corrected chi connectivity index (χ3v) is 4.76. The third-order valence-electron chi connectivity index (χ3n) is 4.76. The van der Waals surface area contributed by atoms with Gasteiger partial charge in [-0.15, -0.1) is 0 Å². The molecule has 150 valence electrons. The summed E-state index contributed by atoms with van der Waals surface area (Å²) in [4.78, 5) is 16.1. The maximum atomic E-state index is 13.8. The summed E-state index contributed by atoms with van der Waals surface area (Å²) in [5.41, 5.74) is 0.535. The average Bonchev–Trinajstić information content (AvgIpc) is 2.70. The van der Waals surface area contributed by atoms with Crippen LogP contribution in [-0.2, 0) is 11.3 Å². The summed E-state index contributed by atoms with van der Waals surface area (Å²) in [5, 5.41) is 10.1. The standard InChI is InChI=1S/C21H24F2N2O3/c22-19-7-3-1-5-16(19)14-28-15-17(26)13-24-9-11-25(12-10-24)21(27)18-6-2-4-8-20(18)23/h1-8,17,26H,9-15H2/t17-/m0/s1. The number of halogens is 2. The molecule has 5 nitrogen and oxygen atoms in total. The molecule has 3 rings (SSSR count). The Morgan fingerprint density at radius 2 is 1.64 bits per heavy atom. The van der Waals surface area contributed by atoms with Gasteiger partial charge in [-0.3, -0.25) is 9.69 Å². The number of hydrogen-bond acceptors (Lipinski definition) is 4. The van der Waals surface area contributed by atoms with Gasteiger partial charge in [-0.05, 0) is 18.2 Å². The largest absolute Gasteiger partial charge is 0.389 e. The fourth-order valence-corrected chi connectivity index (χ4v) is 3.21. The van der Waals surface area contributed by atoms with E-state index in [1.54, 1.807) is 35.2 Å². The highest BCUT2D eigenvalue weighted by Crippen LogP contribution is 2.13. The molecule has 0 bridgehead atoms. The number of rotatable bonds is 7. The van der Waals surface area contributed by atoms with Gasteiger partial charge in [0.15, 0.2) is 0 Å². The zero-order valence-electron chi connectivity index (χ0n) is 15.6. The fourth-order valence-electron chi connectivity index (χ4n) is 3.21. The number of ether oxygens (including phenoxy) is 1. The Labute approximate surface area is 163 Å². The van der Waals surface area contributed by atoms with Crippen molar-refractivity contribution in [3.8, 4) is 0 Å². The zero-order chi connectivity index (χ0) is 19.9. The van der Waals surface area contributed by atoms with Gasteiger partial charge in [0.25, 0.3) is 5.91 Å². The van der Waals surface area contributed by atoms with Crippen molar-refractivity contribution in [3.63, 3.8) is 0 Å². The molecule has 1 aliphatic rings. The van der Waals surface area contributed by atoms with Crippen molar-refractivity contribution >= 4 is 5.91 Å². The summed E-state index contributed by atoms with van der Waals surface area (Å²) >= 11 is 0. The molecule has 1 aliphatic heterocycles. The van der Waals surface area contributed by atoms with Crippen LogP contribution in [-0.4, -0.2) is 66.2 Å². The molecule has 1 N–H and O–H groups in total. The average molecular weight is 390 g/mol. The maximum Gasteiger partial charge on any atom is 0.256 e. The lowest BCUT2D eigenvalue weighted by Gasteiger charge is -2.35. The summed E-state index contributed by atoms with van der Waals surface area (Å²) in [5.74, 6) is -1.16. The van der Waals surface area contributed by atoms with E-state index in [1.165, 1.54) is 18.2 Å². The Hall–Kier alpha value is -2.35. The molecule has 1 fully saturated rings. The predicted molar refractivity (Wildman–Crippen MR) is 101 cm³/mol. The second kappa shape index (κ2) is 9.73. The Morgan fingerprint density at radius 3 is 2.32 bits per heavy atom. The van der Waals surface area contributed by atoms with Crippen LogP contribution in [0.2, 0.25) is 0 Å². The number of aliphatic hydroxyl groups excluding tert-OH is 1. The van der Waals surface area contributed by atoms with Gasteiger partial charge in [-0.1, -0.05) is 30.3 Å². The molecule has 1 heterocycles. The number of piperazine rings is 1. The molecule has 1 atom stereocenters. The van der Waals surface area contributed by atoms with Crippen molar-refractivity contribution in [2.45, 2.75) is 12.7 Å². The topological polar surface area (TPSA) is 53.0 Å². The molecule has 0 spiro atoms. The first-order chi connectivity index (χ1) is 13.5. The number of β-amino-alcohol motifs (C(OH)–C–C–N with tert-alkyl or cyclic N) is 1. The van der Waals surface area contributed by atoms with Crippen LogP contribution in [0.3, 0.4) is 0 Å². The maximum absolute atomic E-state index is 13.8. The second-order valence-corrected chi connectivity index (χ2v) is 6.83. The number of nitrogens with zero attached hydrogens (tertiary/aromatic N) is 2. The van der Waals surface area contributed by atoms with Gasteiger partial charge in [0, 0.05) is 38.3 Å². The third kappa shape index (κ3) is 5.34. The second-order valence-electron chi connectivity index (χ2n) is 6.83. The minimum atomic E-state index is -0.708. The summed E-state index contributed by atoms with van der Waals surface area (Å²) in [7, 11) is 0. The van der Waals surface area contributed by atoms with Crippen molar-refractivity contribution in [1.29, 1.82) is 0 Å². The molecule has 0 unspecified atom stereocenters. The molecule has 2 aromatic carbocycles. The molecule has 0 saturated carbocycles. The van der Waals surface area contributed by atoms with Crippen molar-refractivity contribution in [2.75, 3.05) is 39.3 Å². The lowest BCUT2D eigenvalue weighted by Crippen LogP contribution is -2.51. The smallest absolute Gasteiger partial charge is 0.256 e. The number of amides is 1. The van der Waals surface area contributed by atoms with Gasteiger partial charge in [0.05, 0.1) is 24.9 Å². The molecule has 28 heavy (non-hydrogen) atoms. The van der Waals surface area contributed by atoms with Crippen LogP contribution < -0.4 is 0 Å². The summed E-state index contributed by atoms with van der Waals surface area (Å²) in [6.45, 7) is 2.72. The molecule has 0 aromatic heterocycles. The van der Waals surface area contributed by atoms with Gasteiger partial charge in [0.1, 0.15) is 11.6 Å². The Morgan fingerprint density at radius 1 is 1.00 bits per heavy atom. The van der Waals surface area contributed by atoms with E-state index in [0.29, 0.717) is 38.3 Å². The van der Waals surface area contributed by atoms with E-state index >= 15 is 0 Å². The fraction of sp³-hybridized carbons (Fsp3) is 0.381. The molecule has 1 amide bonds. The quantitative estimate of drug-likeness (QED) is 0.788. The number of benzene rings is 2. The van der Waals surface area contributed by atoms with Crippen molar-refractivity contribution in [1.82, 2.24) is 9.80 Å². The van der Waals surface area contributed by atoms with Crippen LogP contribution in [0.25, 0.3) is 0 Å². The number of hydrogen-bond donors (Lipinski definition) is 1. The van der Waals surface area contributed by atoms with Crippen LogP contribution in [0.15, 0.2) is 48.5 Å². The minimum absolute atomic E-state index is 0.0810. The summed E-state index contributed by atoms with van der Waals surface area (Å²) in [6, 6.07) is 12.3. The Balaban J connectivity index is 1.40. The van der Waals surface area contributed by atoms with E-state index in [0.717, 1.165) is 0 Å². The highest BCUT2D eigenvalue weighted by Gasteiger charge is 2.24. The van der Waals surface area contributed by atoms with Crippen LogP contribution in [0.4, 0.5) is 8.78 Å².